The van der Waals surface area contributed by atoms with E-state index in [1.54, 1.807) is 19.6 Å². The van der Waals surface area contributed by atoms with Crippen molar-refractivity contribution < 1.29 is 121 Å². The van der Waals surface area contributed by atoms with Gasteiger partial charge in [0.1, 0.15) is 34.3 Å². The molecule has 0 aromatic heterocycles. The van der Waals surface area contributed by atoms with Gasteiger partial charge >= 0.3 is 73.5 Å². The predicted octanol–water partition coefficient (Wildman–Crippen LogP) is 3.30. The normalized spacial score (nSPS) is 19.8. The fourth-order valence-corrected chi connectivity index (χ4v) is 12.5. The molecule has 8 heterocycles. The minimum atomic E-state index is -3.23. The topological polar surface area (TPSA) is 393 Å². The molecule has 0 aromatic carbocycles. The number of ketones is 1. The SMILES string of the molecule is CC(C)(C)OC(=O)N1CCC(=O)CC1.CC(C)(C)OC(=O)N1CCC2(CC1)CC(=O)NN2.CCCN1NC(=O)CC12CCN(C(=O)OC(C)(C)C)CC2.CCCN1NC(=O)CC12CCNCC2.COC(=O)CC1CCN(C(=O)OC(C)(C)C)CC1.COC(=O)CP(=O)(OC)OC.NN.[H-].[Na+]. The number of nitrogens with zero attached hydrogens (tertiary/aromatic N) is 6. The van der Waals surface area contributed by atoms with Gasteiger partial charge in [-0.25, -0.2) is 34.6 Å². The fourth-order valence-electron chi connectivity index (χ4n) is 11.7. The van der Waals surface area contributed by atoms with Crippen LogP contribution in [0.15, 0.2) is 0 Å². The van der Waals surface area contributed by atoms with Gasteiger partial charge < -0.3 is 63.8 Å². The molecular formula is C65H123N13NaO19P. The van der Waals surface area contributed by atoms with Gasteiger partial charge in [0, 0.05) is 124 Å². The summed E-state index contributed by atoms with van der Waals surface area (Å²) in [5.74, 6) is 8.07. The number of nitrogens with two attached hydrogens (primary N) is 2. The molecule has 0 aromatic rings. The van der Waals surface area contributed by atoms with Crippen LogP contribution in [0.5, 0.6) is 0 Å². The molecule has 8 saturated heterocycles. The third-order valence-electron chi connectivity index (χ3n) is 16.8. The number of ether oxygens (including phenoxy) is 6. The Morgan fingerprint density at radius 2 is 0.869 bits per heavy atom. The van der Waals surface area contributed by atoms with Gasteiger partial charge in [0.15, 0.2) is 0 Å². The minimum absolute atomic E-state index is 0. The first-order chi connectivity index (χ1) is 45.6. The Labute approximate surface area is 611 Å². The number of nitrogens with one attached hydrogen (secondary N) is 5. The van der Waals surface area contributed by atoms with Crippen LogP contribution >= 0.6 is 7.60 Å². The Morgan fingerprint density at radius 3 is 1.20 bits per heavy atom. The van der Waals surface area contributed by atoms with Gasteiger partial charge in [0.05, 0.1) is 25.3 Å². The van der Waals surface area contributed by atoms with Crippen molar-refractivity contribution in [3.63, 3.8) is 0 Å². The van der Waals surface area contributed by atoms with Crippen LogP contribution in [0.1, 0.15) is 201 Å². The number of esters is 2. The summed E-state index contributed by atoms with van der Waals surface area (Å²) in [6.45, 7) is 35.2. The van der Waals surface area contributed by atoms with Crippen LogP contribution in [-0.2, 0) is 70.8 Å². The molecule has 7 amide bonds. The molecule has 0 saturated carbocycles. The Morgan fingerprint density at radius 1 is 0.515 bits per heavy atom. The quantitative estimate of drug-likeness (QED) is 0.0412. The Hall–Kier alpha value is -4.99. The molecule has 8 rings (SSSR count). The third-order valence-corrected chi connectivity index (χ3v) is 18.5. The van der Waals surface area contributed by atoms with Crippen LogP contribution in [0.25, 0.3) is 0 Å². The summed E-state index contributed by atoms with van der Waals surface area (Å²) in [5.41, 5.74) is 9.61. The van der Waals surface area contributed by atoms with Crippen molar-refractivity contribution in [2.75, 3.05) is 113 Å². The molecule has 0 radical (unpaired) electrons. The minimum Gasteiger partial charge on any atom is -1.00 e. The maximum absolute atomic E-state index is 12.1. The number of piperidine rings is 5. The van der Waals surface area contributed by atoms with E-state index in [9.17, 15) is 52.5 Å². The van der Waals surface area contributed by atoms with Crippen molar-refractivity contribution in [3.05, 3.63) is 0 Å². The average molecular weight is 1440 g/mol. The summed E-state index contributed by atoms with van der Waals surface area (Å²) < 4.78 is 50.3. The van der Waals surface area contributed by atoms with Gasteiger partial charge in [0.2, 0.25) is 17.7 Å². The number of amides is 7. The van der Waals surface area contributed by atoms with Crippen LogP contribution in [-0.4, -0.2) is 242 Å². The van der Waals surface area contributed by atoms with Crippen LogP contribution in [0, 0.1) is 5.92 Å². The summed E-state index contributed by atoms with van der Waals surface area (Å²) in [4.78, 5) is 121. The zero-order chi connectivity index (χ0) is 74.5. The second kappa shape index (κ2) is 42.6. The first-order valence-corrected chi connectivity index (χ1v) is 35.8. The van der Waals surface area contributed by atoms with E-state index >= 15 is 0 Å². The fraction of sp³-hybridized carbons (Fsp3) is 0.846. The summed E-state index contributed by atoms with van der Waals surface area (Å²) in [6.07, 6.45) is 10.7. The number of hydrogen-bond donors (Lipinski definition) is 7. The third kappa shape index (κ3) is 33.8. The Balaban J connectivity index is 0.00000118. The molecule has 8 fully saturated rings. The van der Waals surface area contributed by atoms with Gasteiger partial charge in [-0.15, -0.1) is 0 Å². The van der Waals surface area contributed by atoms with Gasteiger partial charge in [0.25, 0.3) is 0 Å². The van der Waals surface area contributed by atoms with Gasteiger partial charge in [-0.05, 0) is 166 Å². The van der Waals surface area contributed by atoms with E-state index in [0.29, 0.717) is 96.8 Å². The molecule has 32 nitrogen and oxygen atoms in total. The van der Waals surface area contributed by atoms with Crippen molar-refractivity contribution in [2.24, 2.45) is 17.6 Å². The van der Waals surface area contributed by atoms with Gasteiger partial charge in [-0.2, -0.15) is 0 Å². The number of Topliss-reactive ketones (excluding diaryl/α,β-unsaturated/α-hetero) is 1. The van der Waals surface area contributed by atoms with Gasteiger partial charge in [-0.3, -0.25) is 61.3 Å². The van der Waals surface area contributed by atoms with E-state index in [-0.39, 0.29) is 108 Å². The molecule has 0 unspecified atom stereocenters. The number of rotatable bonds is 10. The molecule has 0 bridgehead atoms. The van der Waals surface area contributed by atoms with Crippen molar-refractivity contribution in [1.82, 2.24) is 56.6 Å². The van der Waals surface area contributed by atoms with Crippen molar-refractivity contribution in [1.29, 1.82) is 0 Å². The van der Waals surface area contributed by atoms with E-state index in [2.05, 4.69) is 81.1 Å². The molecule has 99 heavy (non-hydrogen) atoms. The largest absolute Gasteiger partial charge is 1.00 e. The molecule has 8 aliphatic rings. The number of carbonyl (C=O) groups excluding carboxylic acids is 10. The number of methoxy groups -OCH3 is 2. The van der Waals surface area contributed by atoms with Crippen LogP contribution < -0.4 is 68.3 Å². The van der Waals surface area contributed by atoms with E-state index in [0.717, 1.165) is 90.4 Å². The van der Waals surface area contributed by atoms with Crippen LogP contribution in [0.2, 0.25) is 0 Å². The Bertz CT molecular complexity index is 2610. The predicted molar refractivity (Wildman–Crippen MR) is 367 cm³/mol. The van der Waals surface area contributed by atoms with Crippen molar-refractivity contribution >= 4 is 67.4 Å². The summed E-state index contributed by atoms with van der Waals surface area (Å²) in [5, 5.41) is 7.61. The second-order valence-corrected chi connectivity index (χ2v) is 31.7. The summed E-state index contributed by atoms with van der Waals surface area (Å²) in [6, 6.07) is 0. The molecule has 0 atom stereocenters. The smallest absolute Gasteiger partial charge is 1.00 e. The van der Waals surface area contributed by atoms with Crippen LogP contribution in [0.4, 0.5) is 19.2 Å². The summed E-state index contributed by atoms with van der Waals surface area (Å²) >= 11 is 0. The van der Waals surface area contributed by atoms with E-state index in [4.69, 9.17) is 18.9 Å². The number of likely N-dealkylation sites (tertiary alicyclic amines) is 4. The summed E-state index contributed by atoms with van der Waals surface area (Å²) in [7, 11) is 1.81. The standard InChI is InChI=1S/C15H27N3O3.C13H23NO4.C12H21N3O3.C10H19N3O.C10H17NO3.C5H11O5P.H4N2.Na.H/c1-5-8-18-15(11-12(19)16-18)6-9-17(10-7-15)13(20)21-14(2,3)4;1-13(2,3)18-12(16)14-7-5-10(6-8-14)9-11(15)17-4;1-11(2,3)18-10(17)15-6-4-12(5-7-15)8-9(16)13-14-12;1-2-7-13-10(8-9(14)12-13)3-5-11-6-4-10;1-10(2,3)14-9(13)11-6-4-8(12)5-7-11;1-8-5(6)4-11(7,9-2)10-3;1-2;;/h5-11H2,1-4H3,(H,16,19);10H,5-9H2,1-4H3;14H,4-8H2,1-3H3,(H,13,16);11H,2-8H2,1H3,(H,12,14);4-7H2,1-3H3;4H2,1-3H3;1-2H2;;/q;;;;;;;+1;-1. The van der Waals surface area contributed by atoms with E-state index in [1.807, 2.05) is 83.1 Å². The Kier molecular flexibility index (Phi) is 39.6. The van der Waals surface area contributed by atoms with Crippen molar-refractivity contribution in [3.8, 4) is 0 Å². The second-order valence-electron chi connectivity index (χ2n) is 29.4. The first-order valence-electron chi connectivity index (χ1n) is 34.1. The van der Waals surface area contributed by atoms with E-state index < -0.39 is 36.0 Å². The van der Waals surface area contributed by atoms with Gasteiger partial charge in [-0.1, -0.05) is 13.8 Å². The van der Waals surface area contributed by atoms with Crippen molar-refractivity contribution in [2.45, 2.75) is 239 Å². The molecule has 9 N–H and O–H groups in total. The molecule has 3 spiro atoms. The van der Waals surface area contributed by atoms with E-state index in [1.165, 1.54) is 28.4 Å². The number of hydrogen-bond acceptors (Lipinski definition) is 25. The molecule has 0 aliphatic carbocycles. The maximum atomic E-state index is 12.1. The molecule has 8 aliphatic heterocycles. The average Bonchev–Trinajstić information content (AvgIpc) is 1.63. The molecule has 34 heteroatoms. The number of hydrazine groups is 4. The zero-order valence-corrected chi connectivity index (χ0v) is 66.0. The number of carbonyl (C=O) groups is 10. The first kappa shape index (κ1) is 92.0. The molecular weight excluding hydrogens is 1320 g/mol. The van der Waals surface area contributed by atoms with Crippen LogP contribution in [0.3, 0.4) is 0 Å². The monoisotopic (exact) mass is 1440 g/mol. The molecule has 568 valence electrons. The maximum Gasteiger partial charge on any atom is 1.00 e. The zero-order valence-electron chi connectivity index (χ0n) is 64.1.